The van der Waals surface area contributed by atoms with Gasteiger partial charge in [0.05, 0.1) is 16.1 Å². The highest BCUT2D eigenvalue weighted by Crippen LogP contribution is 2.22. The zero-order chi connectivity index (χ0) is 16.1. The Morgan fingerprint density at radius 3 is 2.59 bits per heavy atom. The van der Waals surface area contributed by atoms with Crippen LogP contribution in [0.25, 0.3) is 0 Å². The average molecular weight is 316 g/mol. The fraction of sp³-hybridized carbons (Fsp3) is 0.294. The molecule has 2 rings (SSSR count). The second-order valence-electron chi connectivity index (χ2n) is 5.14. The molecule has 1 aromatic carbocycles. The van der Waals surface area contributed by atoms with E-state index in [-0.39, 0.29) is 17.9 Å². The molecule has 0 fully saturated rings. The third kappa shape index (κ3) is 3.54. The molecule has 22 heavy (non-hydrogen) atoms. The lowest BCUT2D eigenvalue weighted by atomic mass is 10.1. The first-order chi connectivity index (χ1) is 10.5. The van der Waals surface area contributed by atoms with Gasteiger partial charge in [-0.15, -0.1) is 11.3 Å². The van der Waals surface area contributed by atoms with E-state index in [1.807, 2.05) is 31.4 Å². The fourth-order valence-electron chi connectivity index (χ4n) is 2.04. The van der Waals surface area contributed by atoms with Crippen LogP contribution >= 0.6 is 11.3 Å². The second kappa shape index (κ2) is 7.22. The highest BCUT2D eigenvalue weighted by atomic mass is 32.1. The first kappa shape index (κ1) is 16.2. The van der Waals surface area contributed by atoms with E-state index in [1.54, 1.807) is 31.3 Å². The van der Waals surface area contributed by atoms with E-state index in [0.717, 1.165) is 6.42 Å². The third-order valence-corrected chi connectivity index (χ3v) is 4.39. The molecule has 0 spiro atoms. The topological polar surface area (TPSA) is 49.4 Å². The maximum absolute atomic E-state index is 12.5. The summed E-state index contributed by atoms with van der Waals surface area (Å²) in [6.45, 7) is 3.98. The Morgan fingerprint density at radius 1 is 1.23 bits per heavy atom. The molecule has 1 atom stereocenters. The van der Waals surface area contributed by atoms with Crippen LogP contribution < -0.4 is 10.2 Å². The molecular weight excluding hydrogens is 296 g/mol. The zero-order valence-corrected chi connectivity index (χ0v) is 13.8. The monoisotopic (exact) mass is 316 g/mol. The Morgan fingerprint density at radius 2 is 1.95 bits per heavy atom. The van der Waals surface area contributed by atoms with Crippen molar-refractivity contribution in [3.8, 4) is 0 Å². The molecule has 2 aromatic rings. The molecule has 1 aromatic heterocycles. The molecule has 0 bridgehead atoms. The van der Waals surface area contributed by atoms with E-state index in [1.165, 1.54) is 16.2 Å². The fourth-order valence-corrected chi connectivity index (χ4v) is 2.74. The number of thiophene rings is 1. The van der Waals surface area contributed by atoms with Gasteiger partial charge >= 0.3 is 0 Å². The first-order valence-electron chi connectivity index (χ1n) is 7.26. The van der Waals surface area contributed by atoms with Crippen LogP contribution in [0.3, 0.4) is 0 Å². The standard InChI is InChI=1S/C17H20N2O2S/c1-4-12(2)18-16(20)13-8-5-6-9-14(13)19(3)17(21)15-10-7-11-22-15/h5-12H,4H2,1-3H3,(H,18,20). The van der Waals surface area contributed by atoms with Gasteiger partial charge in [-0.1, -0.05) is 25.1 Å². The summed E-state index contributed by atoms with van der Waals surface area (Å²) in [5.74, 6) is -0.269. The molecule has 0 saturated carbocycles. The Balaban J connectivity index is 2.28. The van der Waals surface area contributed by atoms with E-state index in [4.69, 9.17) is 0 Å². The number of rotatable bonds is 5. The number of nitrogens with one attached hydrogen (secondary N) is 1. The molecule has 116 valence electrons. The molecule has 5 heteroatoms. The van der Waals surface area contributed by atoms with E-state index in [0.29, 0.717) is 16.1 Å². The van der Waals surface area contributed by atoms with E-state index in [2.05, 4.69) is 5.32 Å². The molecule has 0 aliphatic carbocycles. The molecular formula is C17H20N2O2S. The predicted molar refractivity (Wildman–Crippen MR) is 90.7 cm³/mol. The molecule has 1 unspecified atom stereocenters. The number of amides is 2. The third-order valence-electron chi connectivity index (χ3n) is 3.54. The van der Waals surface area contributed by atoms with Gasteiger partial charge in [0.1, 0.15) is 0 Å². The summed E-state index contributed by atoms with van der Waals surface area (Å²) in [7, 11) is 1.69. The van der Waals surface area contributed by atoms with Crippen molar-refractivity contribution in [2.24, 2.45) is 0 Å². The Labute approximate surface area is 134 Å². The molecule has 4 nitrogen and oxygen atoms in total. The smallest absolute Gasteiger partial charge is 0.268 e. The number of anilines is 1. The summed E-state index contributed by atoms with van der Waals surface area (Å²) in [6, 6.07) is 10.9. The van der Waals surface area contributed by atoms with Gasteiger partial charge in [0.25, 0.3) is 11.8 Å². The number of hydrogen-bond acceptors (Lipinski definition) is 3. The van der Waals surface area contributed by atoms with E-state index < -0.39 is 0 Å². The minimum atomic E-state index is -0.157. The van der Waals surface area contributed by atoms with Crippen molar-refractivity contribution in [3.05, 3.63) is 52.2 Å². The van der Waals surface area contributed by atoms with Crippen molar-refractivity contribution in [3.63, 3.8) is 0 Å². The normalized spacial score (nSPS) is 11.8. The van der Waals surface area contributed by atoms with Crippen LogP contribution in [0.5, 0.6) is 0 Å². The van der Waals surface area contributed by atoms with Crippen LogP contribution in [0.4, 0.5) is 5.69 Å². The van der Waals surface area contributed by atoms with E-state index in [9.17, 15) is 9.59 Å². The SMILES string of the molecule is CCC(C)NC(=O)c1ccccc1N(C)C(=O)c1cccs1. The molecule has 0 aliphatic rings. The van der Waals surface area contributed by atoms with Crippen LogP contribution in [0, 0.1) is 0 Å². The number of nitrogens with zero attached hydrogens (tertiary/aromatic N) is 1. The maximum Gasteiger partial charge on any atom is 0.268 e. The number of carbonyl (C=O) groups is 2. The minimum absolute atomic E-state index is 0.0962. The van der Waals surface area contributed by atoms with Crippen molar-refractivity contribution < 1.29 is 9.59 Å². The number of benzene rings is 1. The number of para-hydroxylation sites is 1. The van der Waals surface area contributed by atoms with Crippen LogP contribution in [0.2, 0.25) is 0 Å². The van der Waals surface area contributed by atoms with Gasteiger partial charge in [0, 0.05) is 13.1 Å². The summed E-state index contributed by atoms with van der Waals surface area (Å²) >= 11 is 1.39. The van der Waals surface area contributed by atoms with Crippen LogP contribution in [-0.2, 0) is 0 Å². The van der Waals surface area contributed by atoms with Gasteiger partial charge in [0.2, 0.25) is 0 Å². The first-order valence-corrected chi connectivity index (χ1v) is 8.14. The molecule has 1 N–H and O–H groups in total. The number of hydrogen-bond donors (Lipinski definition) is 1. The summed E-state index contributed by atoms with van der Waals surface area (Å²) in [4.78, 5) is 27.0. The summed E-state index contributed by atoms with van der Waals surface area (Å²) in [5, 5.41) is 4.80. The van der Waals surface area contributed by atoms with Gasteiger partial charge in [-0.05, 0) is 36.9 Å². The van der Waals surface area contributed by atoms with Crippen molar-refractivity contribution in [2.75, 3.05) is 11.9 Å². The lowest BCUT2D eigenvalue weighted by molar-refractivity contribution is 0.0940. The minimum Gasteiger partial charge on any atom is -0.350 e. The number of carbonyl (C=O) groups excluding carboxylic acids is 2. The quantitative estimate of drug-likeness (QED) is 0.917. The van der Waals surface area contributed by atoms with Gasteiger partial charge in [-0.25, -0.2) is 0 Å². The van der Waals surface area contributed by atoms with Crippen molar-refractivity contribution in [1.82, 2.24) is 5.32 Å². The van der Waals surface area contributed by atoms with Gasteiger partial charge in [-0.2, -0.15) is 0 Å². The van der Waals surface area contributed by atoms with Gasteiger partial charge in [0.15, 0.2) is 0 Å². The lowest BCUT2D eigenvalue weighted by Crippen LogP contribution is -2.34. The van der Waals surface area contributed by atoms with Gasteiger partial charge < -0.3 is 10.2 Å². The highest BCUT2D eigenvalue weighted by Gasteiger charge is 2.20. The predicted octanol–water partition coefficient (Wildman–Crippen LogP) is 3.55. The van der Waals surface area contributed by atoms with Crippen LogP contribution in [0.1, 0.15) is 40.3 Å². The molecule has 0 aliphatic heterocycles. The molecule has 0 saturated heterocycles. The van der Waals surface area contributed by atoms with Gasteiger partial charge in [-0.3, -0.25) is 9.59 Å². The summed E-state index contributed by atoms with van der Waals surface area (Å²) < 4.78 is 0. The second-order valence-corrected chi connectivity index (χ2v) is 6.09. The van der Waals surface area contributed by atoms with Crippen molar-refractivity contribution >= 4 is 28.8 Å². The lowest BCUT2D eigenvalue weighted by Gasteiger charge is -2.20. The summed E-state index contributed by atoms with van der Waals surface area (Å²) in [6.07, 6.45) is 0.859. The summed E-state index contributed by atoms with van der Waals surface area (Å²) in [5.41, 5.74) is 1.12. The Kier molecular flexibility index (Phi) is 5.33. The zero-order valence-electron chi connectivity index (χ0n) is 13.0. The highest BCUT2D eigenvalue weighted by molar-refractivity contribution is 7.12. The maximum atomic E-state index is 12.5. The largest absolute Gasteiger partial charge is 0.350 e. The van der Waals surface area contributed by atoms with Crippen molar-refractivity contribution in [1.29, 1.82) is 0 Å². The van der Waals surface area contributed by atoms with E-state index >= 15 is 0 Å². The Bertz CT molecular complexity index is 652. The van der Waals surface area contributed by atoms with Crippen molar-refractivity contribution in [2.45, 2.75) is 26.3 Å². The van der Waals surface area contributed by atoms with Crippen LogP contribution in [0.15, 0.2) is 41.8 Å². The Hall–Kier alpha value is -2.14. The van der Waals surface area contributed by atoms with Crippen LogP contribution in [-0.4, -0.2) is 24.9 Å². The molecule has 0 radical (unpaired) electrons. The average Bonchev–Trinajstić information content (AvgIpc) is 3.07. The molecule has 1 heterocycles. The molecule has 2 amide bonds.